The molecule has 0 heterocycles. The molecule has 0 amide bonds. The lowest BCUT2D eigenvalue weighted by atomic mass is 9.86. The molecule has 1 aliphatic carbocycles. The van der Waals surface area contributed by atoms with Gasteiger partial charge in [0.15, 0.2) is 0 Å². The van der Waals surface area contributed by atoms with E-state index >= 15 is 0 Å². The number of ether oxygens (including phenoxy) is 1. The molecule has 0 spiro atoms. The summed E-state index contributed by atoms with van der Waals surface area (Å²) in [5, 5.41) is 1.59. The van der Waals surface area contributed by atoms with Crippen molar-refractivity contribution in [3.05, 3.63) is 63.1 Å². The molecule has 2 aromatic rings. The topological polar surface area (TPSA) is 12.5 Å². The Labute approximate surface area is 160 Å². The van der Waals surface area contributed by atoms with Gasteiger partial charge in [0.25, 0.3) is 0 Å². The Balaban J connectivity index is 0.00000208. The number of hydrogen-bond acceptors (Lipinski definition) is 2. The van der Waals surface area contributed by atoms with Crippen LogP contribution in [0.2, 0.25) is 10.0 Å². The van der Waals surface area contributed by atoms with Crippen LogP contribution in [0, 0.1) is 0 Å². The highest BCUT2D eigenvalue weighted by Crippen LogP contribution is 2.42. The van der Waals surface area contributed by atoms with Gasteiger partial charge in [-0.25, -0.2) is 0 Å². The van der Waals surface area contributed by atoms with Crippen LogP contribution < -0.4 is 4.74 Å². The number of halogens is 3. The quantitative estimate of drug-likeness (QED) is 0.645. The van der Waals surface area contributed by atoms with Crippen LogP contribution in [0.15, 0.2) is 36.4 Å². The molecule has 3 rings (SSSR count). The normalized spacial score (nSPS) is 16.5. The van der Waals surface area contributed by atoms with Crippen LogP contribution in [0.25, 0.3) is 0 Å². The first-order valence-corrected chi connectivity index (χ1v) is 8.67. The highest BCUT2D eigenvalue weighted by molar-refractivity contribution is 6.31. The molecule has 0 fully saturated rings. The van der Waals surface area contributed by atoms with Crippen LogP contribution in [0.5, 0.6) is 5.75 Å². The summed E-state index contributed by atoms with van der Waals surface area (Å²) in [5.74, 6) is 0.950. The van der Waals surface area contributed by atoms with E-state index in [0.717, 1.165) is 40.6 Å². The average molecular weight is 387 g/mol. The van der Waals surface area contributed by atoms with Crippen molar-refractivity contribution >= 4 is 35.6 Å². The van der Waals surface area contributed by atoms with E-state index in [-0.39, 0.29) is 12.4 Å². The van der Waals surface area contributed by atoms with Gasteiger partial charge in [-0.15, -0.1) is 12.4 Å². The van der Waals surface area contributed by atoms with E-state index in [1.54, 1.807) is 0 Å². The monoisotopic (exact) mass is 385 g/mol. The second kappa shape index (κ2) is 8.44. The van der Waals surface area contributed by atoms with Gasteiger partial charge >= 0.3 is 0 Å². The Morgan fingerprint density at radius 2 is 1.79 bits per heavy atom. The standard InChI is InChI=1S/C19H21Cl2NO.ClH/c1-22(2)17-5-3-4-15-18(11-10-16(21)19(15)17)23-12-13-6-8-14(20)9-7-13;/h6-11,17H,3-5,12H2,1-2H3;1H. The van der Waals surface area contributed by atoms with E-state index in [1.807, 2.05) is 36.4 Å². The van der Waals surface area contributed by atoms with Crippen molar-refractivity contribution in [1.82, 2.24) is 4.90 Å². The van der Waals surface area contributed by atoms with Crippen molar-refractivity contribution < 1.29 is 4.74 Å². The highest BCUT2D eigenvalue weighted by atomic mass is 35.5. The number of benzene rings is 2. The molecule has 1 unspecified atom stereocenters. The van der Waals surface area contributed by atoms with E-state index in [9.17, 15) is 0 Å². The maximum Gasteiger partial charge on any atom is 0.123 e. The van der Waals surface area contributed by atoms with E-state index in [4.69, 9.17) is 27.9 Å². The summed E-state index contributed by atoms with van der Waals surface area (Å²) in [6, 6.07) is 12.1. The average Bonchev–Trinajstić information content (AvgIpc) is 2.55. The van der Waals surface area contributed by atoms with E-state index in [0.29, 0.717) is 12.6 Å². The van der Waals surface area contributed by atoms with E-state index in [2.05, 4.69) is 19.0 Å². The molecule has 2 nitrogen and oxygen atoms in total. The van der Waals surface area contributed by atoms with Gasteiger partial charge in [-0.1, -0.05) is 35.3 Å². The van der Waals surface area contributed by atoms with Crippen LogP contribution in [-0.2, 0) is 13.0 Å². The van der Waals surface area contributed by atoms with Crippen molar-refractivity contribution in [3.63, 3.8) is 0 Å². The first kappa shape index (κ1) is 19.4. The van der Waals surface area contributed by atoms with Crippen molar-refractivity contribution in [2.45, 2.75) is 31.9 Å². The molecule has 0 aromatic heterocycles. The Kier molecular flexibility index (Phi) is 6.82. The Bertz CT molecular complexity index is 686. The lowest BCUT2D eigenvalue weighted by Gasteiger charge is -2.32. The summed E-state index contributed by atoms with van der Waals surface area (Å²) in [6.45, 7) is 0.540. The fourth-order valence-electron chi connectivity index (χ4n) is 3.24. The lowest BCUT2D eigenvalue weighted by molar-refractivity contribution is 0.260. The molecular weight excluding hydrogens is 365 g/mol. The molecule has 0 radical (unpaired) electrons. The van der Waals surface area contributed by atoms with Gasteiger partial charge in [0, 0.05) is 21.7 Å². The highest BCUT2D eigenvalue weighted by Gasteiger charge is 2.27. The van der Waals surface area contributed by atoms with Crippen LogP contribution in [0.4, 0.5) is 0 Å². The SMILES string of the molecule is CN(C)C1CCCc2c(OCc3ccc(Cl)cc3)ccc(Cl)c21.Cl. The van der Waals surface area contributed by atoms with Gasteiger partial charge in [0.05, 0.1) is 0 Å². The van der Waals surface area contributed by atoms with Gasteiger partial charge in [0.2, 0.25) is 0 Å². The molecule has 1 aliphatic rings. The molecule has 0 aliphatic heterocycles. The van der Waals surface area contributed by atoms with Gasteiger partial charge in [0.1, 0.15) is 12.4 Å². The zero-order valence-corrected chi connectivity index (χ0v) is 16.2. The second-order valence-corrected chi connectivity index (χ2v) is 7.07. The van der Waals surface area contributed by atoms with Crippen molar-refractivity contribution in [3.8, 4) is 5.75 Å². The molecule has 0 saturated heterocycles. The maximum atomic E-state index is 6.49. The van der Waals surface area contributed by atoms with E-state index in [1.165, 1.54) is 11.1 Å². The summed E-state index contributed by atoms with van der Waals surface area (Å²) in [6.07, 6.45) is 3.32. The summed E-state index contributed by atoms with van der Waals surface area (Å²) in [5.41, 5.74) is 3.60. The molecule has 5 heteroatoms. The minimum Gasteiger partial charge on any atom is -0.489 e. The minimum atomic E-state index is 0. The number of fused-ring (bicyclic) bond motifs is 1. The summed E-state index contributed by atoms with van der Waals surface area (Å²) < 4.78 is 6.09. The van der Waals surface area contributed by atoms with Gasteiger partial charge in [-0.2, -0.15) is 0 Å². The molecular formula is C19H22Cl3NO. The third-order valence-corrected chi connectivity index (χ3v) is 5.01. The molecule has 2 aromatic carbocycles. The molecule has 0 saturated carbocycles. The van der Waals surface area contributed by atoms with Crippen LogP contribution in [0.3, 0.4) is 0 Å². The lowest BCUT2D eigenvalue weighted by Crippen LogP contribution is -2.25. The predicted molar refractivity (Wildman–Crippen MR) is 104 cm³/mol. The van der Waals surface area contributed by atoms with Crippen molar-refractivity contribution in [2.24, 2.45) is 0 Å². The van der Waals surface area contributed by atoms with Gasteiger partial charge < -0.3 is 9.64 Å². The van der Waals surface area contributed by atoms with E-state index < -0.39 is 0 Å². The van der Waals surface area contributed by atoms with Crippen molar-refractivity contribution in [1.29, 1.82) is 0 Å². The smallest absolute Gasteiger partial charge is 0.123 e. The van der Waals surface area contributed by atoms with Crippen LogP contribution >= 0.6 is 35.6 Å². The molecule has 1 atom stereocenters. The fraction of sp³-hybridized carbons (Fsp3) is 0.368. The minimum absolute atomic E-state index is 0. The third-order valence-electron chi connectivity index (χ3n) is 4.43. The maximum absolute atomic E-state index is 6.49. The first-order valence-electron chi connectivity index (χ1n) is 7.91. The van der Waals surface area contributed by atoms with Crippen LogP contribution in [-0.4, -0.2) is 19.0 Å². The number of rotatable bonds is 4. The molecule has 24 heavy (non-hydrogen) atoms. The summed E-state index contributed by atoms with van der Waals surface area (Å²) in [4.78, 5) is 2.24. The summed E-state index contributed by atoms with van der Waals surface area (Å²) in [7, 11) is 4.22. The number of nitrogens with zero attached hydrogens (tertiary/aromatic N) is 1. The summed E-state index contributed by atoms with van der Waals surface area (Å²) >= 11 is 12.4. The first-order chi connectivity index (χ1) is 11.1. The Hall–Kier alpha value is -0.930. The van der Waals surface area contributed by atoms with Crippen LogP contribution in [0.1, 0.15) is 35.6 Å². The van der Waals surface area contributed by atoms with Gasteiger partial charge in [-0.3, -0.25) is 0 Å². The number of hydrogen-bond donors (Lipinski definition) is 0. The molecule has 0 bridgehead atoms. The zero-order valence-electron chi connectivity index (χ0n) is 13.9. The predicted octanol–water partition coefficient (Wildman–Crippen LogP) is 5.93. The zero-order chi connectivity index (χ0) is 16.4. The largest absolute Gasteiger partial charge is 0.489 e. The van der Waals surface area contributed by atoms with Crippen molar-refractivity contribution in [2.75, 3.05) is 14.1 Å². The Morgan fingerprint density at radius 1 is 1.08 bits per heavy atom. The third kappa shape index (κ3) is 4.18. The molecule has 130 valence electrons. The second-order valence-electron chi connectivity index (χ2n) is 6.22. The molecule has 0 N–H and O–H groups in total. The Morgan fingerprint density at radius 3 is 2.46 bits per heavy atom. The van der Waals surface area contributed by atoms with Gasteiger partial charge in [-0.05, 0) is 68.8 Å². The fourth-order valence-corrected chi connectivity index (χ4v) is 3.67.